The van der Waals surface area contributed by atoms with Gasteiger partial charge in [0.1, 0.15) is 11.1 Å². The molecule has 2 aliphatic heterocycles. The molecule has 0 spiro atoms. The zero-order valence-electron chi connectivity index (χ0n) is 20.2. The molecule has 0 amide bonds. The summed E-state index contributed by atoms with van der Waals surface area (Å²) in [6.07, 6.45) is 1.85. The average molecular weight is 506 g/mol. The van der Waals surface area contributed by atoms with Crippen molar-refractivity contribution in [3.8, 4) is 0 Å². The number of aliphatic hydroxyl groups is 1. The molecule has 9 heteroatoms. The van der Waals surface area contributed by atoms with Crippen LogP contribution in [0.5, 0.6) is 0 Å². The van der Waals surface area contributed by atoms with Gasteiger partial charge in [-0.25, -0.2) is 12.8 Å². The Bertz CT molecular complexity index is 1090. The second kappa shape index (κ2) is 11.0. The van der Waals surface area contributed by atoms with Crippen molar-refractivity contribution in [2.45, 2.75) is 62.1 Å². The van der Waals surface area contributed by atoms with E-state index in [-0.39, 0.29) is 19.1 Å². The third-order valence-electron chi connectivity index (χ3n) is 7.42. The molecule has 2 fully saturated rings. The van der Waals surface area contributed by atoms with Crippen LogP contribution < -0.4 is 11.1 Å². The quantitative estimate of drug-likeness (QED) is 0.510. The lowest BCUT2D eigenvalue weighted by Gasteiger charge is -2.40. The summed E-state index contributed by atoms with van der Waals surface area (Å²) < 4.78 is 49.5. The molecule has 2 aromatic rings. The van der Waals surface area contributed by atoms with E-state index in [1.165, 1.54) is 10.4 Å². The van der Waals surface area contributed by atoms with Crippen molar-refractivity contribution in [1.82, 2.24) is 9.62 Å². The van der Waals surface area contributed by atoms with Crippen molar-refractivity contribution in [3.63, 3.8) is 0 Å². The molecule has 0 unspecified atom stereocenters. The summed E-state index contributed by atoms with van der Waals surface area (Å²) in [7, 11) is -3.65. The summed E-state index contributed by atoms with van der Waals surface area (Å²) in [5.74, 6) is -0.432. The summed E-state index contributed by atoms with van der Waals surface area (Å²) in [4.78, 5) is 0. The number of benzene rings is 2. The number of hydrogen-bond donors (Lipinski definition) is 3. The van der Waals surface area contributed by atoms with Gasteiger partial charge in [-0.05, 0) is 49.8 Å². The average Bonchev–Trinajstić information content (AvgIpc) is 2.86. The Hall–Kier alpha value is -1.88. The van der Waals surface area contributed by atoms with Gasteiger partial charge in [-0.1, -0.05) is 42.5 Å². The maximum Gasteiger partial charge on any atom is 0.221 e. The number of sulfonamides is 1. The summed E-state index contributed by atoms with van der Waals surface area (Å²) in [5, 5.41) is 12.7. The van der Waals surface area contributed by atoms with Crippen LogP contribution in [0, 0.1) is 5.82 Å². The van der Waals surface area contributed by atoms with Crippen LogP contribution in [-0.4, -0.2) is 56.3 Å². The number of hydrogen-bond acceptors (Lipinski definition) is 6. The van der Waals surface area contributed by atoms with E-state index in [0.29, 0.717) is 44.6 Å². The van der Waals surface area contributed by atoms with Crippen LogP contribution in [0.1, 0.15) is 54.5 Å². The highest BCUT2D eigenvalue weighted by Crippen LogP contribution is 2.39. The second-order valence-electron chi connectivity index (χ2n) is 9.69. The highest BCUT2D eigenvalue weighted by atomic mass is 32.2. The van der Waals surface area contributed by atoms with Crippen molar-refractivity contribution in [3.05, 3.63) is 71.0 Å². The number of nitrogens with one attached hydrogen (secondary N) is 1. The van der Waals surface area contributed by atoms with Crippen molar-refractivity contribution < 1.29 is 22.7 Å². The van der Waals surface area contributed by atoms with Crippen LogP contribution in [-0.2, 0) is 26.8 Å². The van der Waals surface area contributed by atoms with Crippen molar-refractivity contribution in [1.29, 1.82) is 0 Å². The third kappa shape index (κ3) is 5.60. The molecule has 0 saturated carbocycles. The minimum atomic E-state index is -3.65. The van der Waals surface area contributed by atoms with Crippen molar-refractivity contribution in [2.24, 2.45) is 5.73 Å². The molecular formula is C26H36FN3O4S. The molecule has 0 aliphatic carbocycles. The fourth-order valence-electron chi connectivity index (χ4n) is 5.18. The monoisotopic (exact) mass is 505 g/mol. The Balaban J connectivity index is 1.58. The normalized spacial score (nSPS) is 25.3. The molecule has 2 saturated heterocycles. The molecule has 2 heterocycles. The number of halogens is 1. The van der Waals surface area contributed by atoms with Crippen molar-refractivity contribution >= 4 is 10.0 Å². The number of nitrogens with two attached hydrogens (primary N) is 1. The van der Waals surface area contributed by atoms with Gasteiger partial charge in [-0.3, -0.25) is 0 Å². The molecule has 0 bridgehead atoms. The largest absolute Gasteiger partial charge is 0.390 e. The van der Waals surface area contributed by atoms with Gasteiger partial charge in [0, 0.05) is 50.0 Å². The SMILES string of the molecule is C[C@H]1CC[C@H](c2ccccc2)S(=O)(=O)N1Cc1ccc(C2(NC[C@@H](O)CN)CCOCC2)cc1F. The molecule has 4 N–H and O–H groups in total. The van der Waals surface area contributed by atoms with Crippen LogP contribution in [0.3, 0.4) is 0 Å². The summed E-state index contributed by atoms with van der Waals surface area (Å²) in [5.41, 5.74) is 6.91. The smallest absolute Gasteiger partial charge is 0.221 e. The van der Waals surface area contributed by atoms with Gasteiger partial charge in [0.2, 0.25) is 10.0 Å². The Labute approximate surface area is 207 Å². The fourth-order valence-corrected chi connectivity index (χ4v) is 7.36. The van der Waals surface area contributed by atoms with Crippen LogP contribution in [0.15, 0.2) is 48.5 Å². The first-order chi connectivity index (χ1) is 16.8. The van der Waals surface area contributed by atoms with Crippen molar-refractivity contribution in [2.75, 3.05) is 26.3 Å². The maximum absolute atomic E-state index is 15.4. The molecule has 4 rings (SSSR count). The van der Waals surface area contributed by atoms with Crippen LogP contribution in [0.2, 0.25) is 0 Å². The summed E-state index contributed by atoms with van der Waals surface area (Å²) in [6, 6.07) is 14.1. The molecule has 0 radical (unpaired) electrons. The van der Waals surface area contributed by atoms with E-state index in [0.717, 1.165) is 17.5 Å². The Morgan fingerprint density at radius 2 is 1.91 bits per heavy atom. The Kier molecular flexibility index (Phi) is 8.25. The van der Waals surface area contributed by atoms with E-state index in [1.54, 1.807) is 6.07 Å². The van der Waals surface area contributed by atoms with Gasteiger partial charge in [0.15, 0.2) is 0 Å². The molecule has 7 nitrogen and oxygen atoms in total. The number of rotatable bonds is 8. The molecular weight excluding hydrogens is 469 g/mol. The molecule has 3 atom stereocenters. The lowest BCUT2D eigenvalue weighted by atomic mass is 9.82. The van der Waals surface area contributed by atoms with Gasteiger partial charge in [0.25, 0.3) is 0 Å². The molecule has 2 aromatic carbocycles. The van der Waals surface area contributed by atoms with E-state index >= 15 is 4.39 Å². The van der Waals surface area contributed by atoms with Crippen LogP contribution in [0.25, 0.3) is 0 Å². The zero-order chi connectivity index (χ0) is 25.1. The van der Waals surface area contributed by atoms with E-state index in [4.69, 9.17) is 10.5 Å². The molecule has 0 aromatic heterocycles. The molecule has 35 heavy (non-hydrogen) atoms. The second-order valence-corrected chi connectivity index (χ2v) is 11.8. The Morgan fingerprint density at radius 1 is 1.20 bits per heavy atom. The van der Waals surface area contributed by atoms with Gasteiger partial charge >= 0.3 is 0 Å². The first kappa shape index (κ1) is 26.2. The topological polar surface area (TPSA) is 105 Å². The molecule has 192 valence electrons. The van der Waals surface area contributed by atoms with E-state index in [1.807, 2.05) is 43.3 Å². The lowest BCUT2D eigenvalue weighted by Crippen LogP contribution is -2.50. The first-order valence-electron chi connectivity index (χ1n) is 12.3. The van der Waals surface area contributed by atoms with E-state index < -0.39 is 32.7 Å². The first-order valence-corrected chi connectivity index (χ1v) is 13.8. The van der Waals surface area contributed by atoms with Gasteiger partial charge in [-0.15, -0.1) is 0 Å². The van der Waals surface area contributed by atoms with Crippen LogP contribution in [0.4, 0.5) is 4.39 Å². The third-order valence-corrected chi connectivity index (χ3v) is 9.79. The highest BCUT2D eigenvalue weighted by Gasteiger charge is 2.41. The van der Waals surface area contributed by atoms with Gasteiger partial charge < -0.3 is 20.9 Å². The fraction of sp³-hybridized carbons (Fsp3) is 0.538. The maximum atomic E-state index is 15.4. The van der Waals surface area contributed by atoms with E-state index in [9.17, 15) is 13.5 Å². The van der Waals surface area contributed by atoms with E-state index in [2.05, 4.69) is 5.32 Å². The summed E-state index contributed by atoms with van der Waals surface area (Å²) in [6.45, 7) is 3.37. The van der Waals surface area contributed by atoms with Gasteiger partial charge in [-0.2, -0.15) is 4.31 Å². The standard InChI is InChI=1S/C26H36FN3O4S/c1-19-7-10-25(20-5-3-2-4-6-20)35(32,33)30(19)18-21-8-9-22(15-24(21)27)26(11-13-34-14-12-26)29-17-23(31)16-28/h2-6,8-9,15,19,23,25,29,31H,7,10-14,16-18,28H2,1H3/t19-,23-,25+/m0/s1. The van der Waals surface area contributed by atoms with Gasteiger partial charge in [0.05, 0.1) is 6.10 Å². The Morgan fingerprint density at radius 3 is 2.57 bits per heavy atom. The number of aliphatic hydroxyl groups excluding tert-OH is 1. The predicted molar refractivity (Wildman–Crippen MR) is 134 cm³/mol. The summed E-state index contributed by atoms with van der Waals surface area (Å²) >= 11 is 0. The zero-order valence-corrected chi connectivity index (χ0v) is 21.0. The minimum absolute atomic E-state index is 0.00558. The molecule has 2 aliphatic rings. The lowest BCUT2D eigenvalue weighted by molar-refractivity contribution is 0.0304. The number of ether oxygens (including phenoxy) is 1. The predicted octanol–water partition coefficient (Wildman–Crippen LogP) is 2.80. The highest BCUT2D eigenvalue weighted by molar-refractivity contribution is 7.89. The number of nitrogens with zero attached hydrogens (tertiary/aromatic N) is 1. The van der Waals surface area contributed by atoms with Crippen LogP contribution >= 0.6 is 0 Å². The minimum Gasteiger partial charge on any atom is -0.390 e.